The molecular formula is C11H9N3O3S. The van der Waals surface area contributed by atoms with Crippen LogP contribution in [-0.2, 0) is 20.5 Å². The van der Waals surface area contributed by atoms with Crippen LogP contribution in [0.15, 0.2) is 24.3 Å². The lowest BCUT2D eigenvalue weighted by molar-refractivity contribution is -0.301. The molecule has 0 radical (unpaired) electrons. The minimum atomic E-state index is -1.33. The summed E-state index contributed by atoms with van der Waals surface area (Å²) in [7, 11) is -0.360. The van der Waals surface area contributed by atoms with Gasteiger partial charge in [0.1, 0.15) is 17.6 Å². The van der Waals surface area contributed by atoms with E-state index in [2.05, 4.69) is 9.97 Å². The van der Waals surface area contributed by atoms with Crippen LogP contribution in [0.3, 0.4) is 0 Å². The Balaban J connectivity index is 2.16. The Morgan fingerprint density at radius 1 is 1.56 bits per heavy atom. The number of aliphatic carboxylic acids is 1. The Bertz CT molecular complexity index is 572. The number of fused-ring (bicyclic) bond motifs is 1. The third-order valence-electron chi connectivity index (χ3n) is 3.08. The molecule has 0 bridgehead atoms. The van der Waals surface area contributed by atoms with Gasteiger partial charge in [0.25, 0.3) is 0 Å². The predicted octanol–water partition coefficient (Wildman–Crippen LogP) is -1.28. The summed E-state index contributed by atoms with van der Waals surface area (Å²) in [6, 6.07) is 0. The van der Waals surface area contributed by atoms with E-state index in [-0.39, 0.29) is 27.9 Å². The number of amides is 1. The second-order valence-electron chi connectivity index (χ2n) is 4.04. The van der Waals surface area contributed by atoms with Gasteiger partial charge in [-0.15, -0.1) is 0 Å². The average molecular weight is 263 g/mol. The molecule has 3 heterocycles. The highest BCUT2D eigenvalue weighted by Crippen LogP contribution is 2.44. The molecule has 2 aliphatic rings. The first kappa shape index (κ1) is 11.2. The van der Waals surface area contributed by atoms with Gasteiger partial charge in [-0.2, -0.15) is 0 Å². The molecule has 0 aromatic carbocycles. The number of β-lactam (4-membered cyclic amide) rings is 1. The lowest BCUT2D eigenvalue weighted by atomic mass is 10.1. The third-order valence-corrected chi connectivity index (χ3v) is 5.32. The van der Waals surface area contributed by atoms with Crippen LogP contribution in [0.25, 0.3) is 4.91 Å². The van der Waals surface area contributed by atoms with Crippen molar-refractivity contribution in [3.05, 3.63) is 30.0 Å². The van der Waals surface area contributed by atoms with E-state index < -0.39 is 5.97 Å². The number of aromatic nitrogens is 2. The molecule has 1 aromatic heterocycles. The van der Waals surface area contributed by atoms with Crippen molar-refractivity contribution in [2.24, 2.45) is 0 Å². The standard InChI is InChI=1S/C11H9N3O3S/c1-18-8-4-7(15)14(8)9(11(16)17)10(18)6-5-12-2-3-13-6/h2-3,5,8H,4H2,1H3/t8-,18?/m1/s1. The number of hydrogen-bond acceptors (Lipinski definition) is 5. The molecule has 0 N–H and O–H groups in total. The Morgan fingerprint density at radius 2 is 2.33 bits per heavy atom. The van der Waals surface area contributed by atoms with Gasteiger partial charge in [0, 0.05) is 12.4 Å². The zero-order chi connectivity index (χ0) is 12.9. The SMILES string of the molecule is C[S+]1C(c2cnccn2)=C(C(=O)[O-])N2C(=O)C[C@H]21. The van der Waals surface area contributed by atoms with E-state index in [1.54, 1.807) is 0 Å². The summed E-state index contributed by atoms with van der Waals surface area (Å²) in [6.45, 7) is 0. The molecule has 18 heavy (non-hydrogen) atoms. The molecule has 2 aliphatic heterocycles. The number of nitrogens with zero attached hydrogens (tertiary/aromatic N) is 3. The predicted molar refractivity (Wildman–Crippen MR) is 62.5 cm³/mol. The molecule has 0 spiro atoms. The lowest BCUT2D eigenvalue weighted by Gasteiger charge is -2.32. The Kier molecular flexibility index (Phi) is 2.37. The van der Waals surface area contributed by atoms with E-state index in [9.17, 15) is 14.7 Å². The molecule has 1 amide bonds. The highest BCUT2D eigenvalue weighted by atomic mass is 32.2. The van der Waals surface area contributed by atoms with Gasteiger partial charge >= 0.3 is 0 Å². The smallest absolute Gasteiger partial charge is 0.238 e. The Hall–Kier alpha value is -1.89. The van der Waals surface area contributed by atoms with Crippen LogP contribution >= 0.6 is 0 Å². The van der Waals surface area contributed by atoms with Crippen molar-refractivity contribution in [3.8, 4) is 0 Å². The molecule has 1 unspecified atom stereocenters. The summed E-state index contributed by atoms with van der Waals surface area (Å²) in [4.78, 5) is 32.7. The van der Waals surface area contributed by atoms with E-state index >= 15 is 0 Å². The fourth-order valence-corrected chi connectivity index (χ4v) is 4.36. The van der Waals surface area contributed by atoms with Gasteiger partial charge in [-0.3, -0.25) is 14.7 Å². The van der Waals surface area contributed by atoms with Gasteiger partial charge < -0.3 is 9.90 Å². The van der Waals surface area contributed by atoms with Crippen molar-refractivity contribution < 1.29 is 14.7 Å². The number of carbonyl (C=O) groups is 2. The van der Waals surface area contributed by atoms with Gasteiger partial charge in [0.05, 0.1) is 29.5 Å². The molecule has 6 nitrogen and oxygen atoms in total. The number of hydrogen-bond donors (Lipinski definition) is 0. The summed E-state index contributed by atoms with van der Waals surface area (Å²) in [5.41, 5.74) is 0.465. The van der Waals surface area contributed by atoms with E-state index in [1.807, 2.05) is 6.26 Å². The van der Waals surface area contributed by atoms with Crippen molar-refractivity contribution in [1.82, 2.24) is 14.9 Å². The summed E-state index contributed by atoms with van der Waals surface area (Å²) < 4.78 is 0. The summed E-state index contributed by atoms with van der Waals surface area (Å²) in [5.74, 6) is -1.50. The number of carboxylic acid groups (broad SMARTS) is 1. The zero-order valence-corrected chi connectivity index (χ0v) is 10.3. The third kappa shape index (κ3) is 1.37. The number of carbonyl (C=O) groups excluding carboxylic acids is 2. The van der Waals surface area contributed by atoms with Crippen LogP contribution in [0, 0.1) is 0 Å². The Labute approximate surface area is 106 Å². The fraction of sp³-hybridized carbons (Fsp3) is 0.273. The lowest BCUT2D eigenvalue weighted by Crippen LogP contribution is -2.53. The van der Waals surface area contributed by atoms with Crippen molar-refractivity contribution >= 4 is 27.7 Å². The topological polar surface area (TPSA) is 86.2 Å². The van der Waals surface area contributed by atoms with E-state index in [4.69, 9.17) is 0 Å². The molecule has 7 heteroatoms. The Morgan fingerprint density at radius 3 is 2.89 bits per heavy atom. The molecule has 92 valence electrons. The van der Waals surface area contributed by atoms with Crippen molar-refractivity contribution in [1.29, 1.82) is 0 Å². The van der Waals surface area contributed by atoms with Crippen LogP contribution in [0.1, 0.15) is 12.1 Å². The second-order valence-corrected chi connectivity index (χ2v) is 6.10. The molecule has 2 atom stereocenters. The highest BCUT2D eigenvalue weighted by molar-refractivity contribution is 8.06. The largest absolute Gasteiger partial charge is 0.543 e. The van der Waals surface area contributed by atoms with Crippen molar-refractivity contribution in [3.63, 3.8) is 0 Å². The van der Waals surface area contributed by atoms with E-state index in [1.165, 1.54) is 23.5 Å². The molecule has 0 saturated carbocycles. The first-order valence-corrected chi connectivity index (χ1v) is 6.99. The van der Waals surface area contributed by atoms with E-state index in [0.29, 0.717) is 17.0 Å². The normalized spacial score (nSPS) is 26.1. The summed E-state index contributed by atoms with van der Waals surface area (Å²) >= 11 is 0. The molecule has 1 saturated heterocycles. The highest BCUT2D eigenvalue weighted by Gasteiger charge is 2.58. The second kappa shape index (κ2) is 3.81. The monoisotopic (exact) mass is 263 g/mol. The quantitative estimate of drug-likeness (QED) is 0.490. The molecule has 0 aliphatic carbocycles. The van der Waals surface area contributed by atoms with E-state index in [0.717, 1.165) is 0 Å². The van der Waals surface area contributed by atoms with Gasteiger partial charge in [0.2, 0.25) is 16.2 Å². The zero-order valence-electron chi connectivity index (χ0n) is 9.49. The summed E-state index contributed by atoms with van der Waals surface area (Å²) in [6.07, 6.45) is 6.84. The van der Waals surface area contributed by atoms with Crippen LogP contribution in [0.4, 0.5) is 0 Å². The minimum Gasteiger partial charge on any atom is -0.543 e. The van der Waals surface area contributed by atoms with Crippen LogP contribution < -0.4 is 5.11 Å². The maximum Gasteiger partial charge on any atom is 0.238 e. The van der Waals surface area contributed by atoms with Gasteiger partial charge in [-0.25, -0.2) is 4.98 Å². The average Bonchev–Trinajstić information content (AvgIpc) is 2.59. The number of rotatable bonds is 2. The maximum absolute atomic E-state index is 11.5. The first-order valence-electron chi connectivity index (χ1n) is 5.30. The molecular weight excluding hydrogens is 254 g/mol. The molecule has 3 rings (SSSR count). The van der Waals surface area contributed by atoms with Crippen LogP contribution in [0.2, 0.25) is 0 Å². The summed E-state index contributed by atoms with van der Waals surface area (Å²) in [5, 5.41) is 11.2. The van der Waals surface area contributed by atoms with Crippen LogP contribution in [-0.4, -0.2) is 38.4 Å². The fourth-order valence-electron chi connectivity index (χ4n) is 2.23. The van der Waals surface area contributed by atoms with Crippen molar-refractivity contribution in [2.75, 3.05) is 6.26 Å². The molecule has 1 fully saturated rings. The molecule has 1 aromatic rings. The first-order chi connectivity index (χ1) is 8.61. The van der Waals surface area contributed by atoms with Gasteiger partial charge in [-0.1, -0.05) is 0 Å². The minimum absolute atomic E-state index is 0.0393. The van der Waals surface area contributed by atoms with Crippen LogP contribution in [0.5, 0.6) is 0 Å². The van der Waals surface area contributed by atoms with Gasteiger partial charge in [0.15, 0.2) is 0 Å². The number of carboxylic acids is 1. The van der Waals surface area contributed by atoms with Crippen molar-refractivity contribution in [2.45, 2.75) is 11.8 Å². The van der Waals surface area contributed by atoms with Gasteiger partial charge in [-0.05, 0) is 0 Å². The maximum atomic E-state index is 11.5.